The van der Waals surface area contributed by atoms with Crippen molar-refractivity contribution in [2.75, 3.05) is 24.5 Å². The van der Waals surface area contributed by atoms with Gasteiger partial charge < -0.3 is 10.2 Å². The van der Waals surface area contributed by atoms with Gasteiger partial charge in [0.05, 0.1) is 17.4 Å². The van der Waals surface area contributed by atoms with Crippen LogP contribution in [-0.4, -0.2) is 30.5 Å². The second kappa shape index (κ2) is 7.43. The number of amides is 1. The molecule has 1 atom stereocenters. The van der Waals surface area contributed by atoms with Crippen LogP contribution in [0.1, 0.15) is 50.4 Å². The molecule has 0 saturated carbocycles. The number of pyridine rings is 1. The molecule has 0 aromatic carbocycles. The van der Waals surface area contributed by atoms with Crippen molar-refractivity contribution in [3.8, 4) is 0 Å². The molecule has 1 fully saturated rings. The van der Waals surface area contributed by atoms with Crippen LogP contribution in [0.4, 0.5) is 5.69 Å². The van der Waals surface area contributed by atoms with Gasteiger partial charge in [-0.25, -0.2) is 0 Å². The first-order valence-corrected chi connectivity index (χ1v) is 8.04. The van der Waals surface area contributed by atoms with E-state index in [1.54, 1.807) is 6.20 Å². The zero-order valence-corrected chi connectivity index (χ0v) is 13.4. The van der Waals surface area contributed by atoms with Gasteiger partial charge >= 0.3 is 0 Å². The Bertz CT molecular complexity index is 473. The summed E-state index contributed by atoms with van der Waals surface area (Å²) in [6.45, 7) is 9.44. The Balaban J connectivity index is 1.98. The molecule has 0 radical (unpaired) electrons. The smallest absolute Gasteiger partial charge is 0.252 e. The molecule has 1 amide bonds. The topological polar surface area (TPSA) is 45.2 Å². The zero-order valence-electron chi connectivity index (χ0n) is 13.4. The maximum Gasteiger partial charge on any atom is 0.252 e. The molecular formula is C17H27N3O. The van der Waals surface area contributed by atoms with Crippen LogP contribution in [0.5, 0.6) is 0 Å². The summed E-state index contributed by atoms with van der Waals surface area (Å²) in [5, 5.41) is 2.97. The Morgan fingerprint density at radius 1 is 1.48 bits per heavy atom. The van der Waals surface area contributed by atoms with Crippen LogP contribution in [0, 0.1) is 11.8 Å². The fraction of sp³-hybridized carbons (Fsp3) is 0.647. The number of hydrogen-bond donors (Lipinski definition) is 1. The van der Waals surface area contributed by atoms with Crippen LogP contribution in [0.15, 0.2) is 18.5 Å². The highest BCUT2D eigenvalue weighted by Gasteiger charge is 2.18. The lowest BCUT2D eigenvalue weighted by atomic mass is 10.00. The van der Waals surface area contributed by atoms with Crippen LogP contribution in [0.2, 0.25) is 0 Å². The molecule has 0 bridgehead atoms. The number of hydrogen-bond acceptors (Lipinski definition) is 3. The molecule has 0 aliphatic carbocycles. The van der Waals surface area contributed by atoms with Gasteiger partial charge in [0, 0.05) is 25.8 Å². The Labute approximate surface area is 127 Å². The number of aromatic nitrogens is 1. The molecule has 1 N–H and O–H groups in total. The SMILES string of the molecule is CC(C)CCNC(=O)c1cncc(N2CCCC(C)C2)c1. The normalized spacial score (nSPS) is 18.9. The van der Waals surface area contributed by atoms with E-state index in [9.17, 15) is 4.79 Å². The summed E-state index contributed by atoms with van der Waals surface area (Å²) in [4.78, 5) is 18.7. The number of nitrogens with zero attached hydrogens (tertiary/aromatic N) is 2. The molecular weight excluding hydrogens is 262 g/mol. The number of anilines is 1. The summed E-state index contributed by atoms with van der Waals surface area (Å²) in [6.07, 6.45) is 7.03. The predicted octanol–water partition coefficient (Wildman–Crippen LogP) is 3.09. The van der Waals surface area contributed by atoms with E-state index in [2.05, 4.69) is 36.0 Å². The van der Waals surface area contributed by atoms with Crippen LogP contribution in [0.25, 0.3) is 0 Å². The second-order valence-corrected chi connectivity index (χ2v) is 6.56. The largest absolute Gasteiger partial charge is 0.370 e. The van der Waals surface area contributed by atoms with Gasteiger partial charge in [0.2, 0.25) is 0 Å². The van der Waals surface area contributed by atoms with Gasteiger partial charge in [0.1, 0.15) is 0 Å². The van der Waals surface area contributed by atoms with Crippen molar-refractivity contribution < 1.29 is 4.79 Å². The van der Waals surface area contributed by atoms with E-state index in [0.29, 0.717) is 17.4 Å². The van der Waals surface area contributed by atoms with E-state index in [1.165, 1.54) is 12.8 Å². The average Bonchev–Trinajstić information content (AvgIpc) is 2.47. The van der Waals surface area contributed by atoms with E-state index in [4.69, 9.17) is 0 Å². The highest BCUT2D eigenvalue weighted by molar-refractivity contribution is 5.94. The van der Waals surface area contributed by atoms with Crippen LogP contribution >= 0.6 is 0 Å². The molecule has 1 saturated heterocycles. The summed E-state index contributed by atoms with van der Waals surface area (Å²) in [5.41, 5.74) is 1.73. The molecule has 2 rings (SSSR count). The highest BCUT2D eigenvalue weighted by Crippen LogP contribution is 2.22. The number of carbonyl (C=O) groups is 1. The van der Waals surface area contributed by atoms with Gasteiger partial charge in [0.15, 0.2) is 0 Å². The standard InChI is InChI=1S/C17H27N3O/c1-13(2)6-7-19-17(21)15-9-16(11-18-10-15)20-8-4-5-14(3)12-20/h9-11,13-14H,4-8,12H2,1-3H3,(H,19,21). The van der Waals surface area contributed by atoms with Gasteiger partial charge in [-0.05, 0) is 37.2 Å². The Morgan fingerprint density at radius 2 is 2.29 bits per heavy atom. The molecule has 4 nitrogen and oxygen atoms in total. The van der Waals surface area contributed by atoms with Crippen molar-refractivity contribution in [2.24, 2.45) is 11.8 Å². The van der Waals surface area contributed by atoms with Gasteiger partial charge in [-0.2, -0.15) is 0 Å². The van der Waals surface area contributed by atoms with Crippen molar-refractivity contribution in [1.29, 1.82) is 0 Å². The van der Waals surface area contributed by atoms with Gasteiger partial charge in [-0.3, -0.25) is 9.78 Å². The molecule has 21 heavy (non-hydrogen) atoms. The Morgan fingerprint density at radius 3 is 3.00 bits per heavy atom. The van der Waals surface area contributed by atoms with Crippen LogP contribution < -0.4 is 10.2 Å². The number of carbonyl (C=O) groups excluding carboxylic acids is 1. The minimum Gasteiger partial charge on any atom is -0.370 e. The van der Waals surface area contributed by atoms with E-state index >= 15 is 0 Å². The monoisotopic (exact) mass is 289 g/mol. The van der Waals surface area contributed by atoms with Crippen molar-refractivity contribution in [3.05, 3.63) is 24.0 Å². The van der Waals surface area contributed by atoms with Gasteiger partial charge in [-0.15, -0.1) is 0 Å². The lowest BCUT2D eigenvalue weighted by molar-refractivity contribution is 0.0951. The Hall–Kier alpha value is -1.58. The fourth-order valence-electron chi connectivity index (χ4n) is 2.73. The Kier molecular flexibility index (Phi) is 5.59. The zero-order chi connectivity index (χ0) is 15.2. The fourth-order valence-corrected chi connectivity index (χ4v) is 2.73. The minimum atomic E-state index is -0.0185. The van der Waals surface area contributed by atoms with E-state index in [-0.39, 0.29) is 5.91 Å². The maximum atomic E-state index is 12.2. The molecule has 116 valence electrons. The minimum absolute atomic E-state index is 0.0185. The first kappa shape index (κ1) is 15.8. The quantitative estimate of drug-likeness (QED) is 0.906. The van der Waals surface area contributed by atoms with Gasteiger partial charge in [-0.1, -0.05) is 20.8 Å². The third-order valence-corrected chi connectivity index (χ3v) is 4.02. The van der Waals surface area contributed by atoms with Crippen molar-refractivity contribution in [1.82, 2.24) is 10.3 Å². The third kappa shape index (κ3) is 4.73. The molecule has 1 aromatic rings. The number of nitrogens with one attached hydrogen (secondary N) is 1. The number of piperidine rings is 1. The van der Waals surface area contributed by atoms with E-state index in [0.717, 1.165) is 31.7 Å². The van der Waals surface area contributed by atoms with Crippen LogP contribution in [0.3, 0.4) is 0 Å². The lowest BCUT2D eigenvalue weighted by Crippen LogP contribution is -2.34. The van der Waals surface area contributed by atoms with E-state index < -0.39 is 0 Å². The van der Waals surface area contributed by atoms with Crippen molar-refractivity contribution >= 4 is 11.6 Å². The molecule has 4 heteroatoms. The number of rotatable bonds is 5. The summed E-state index contributed by atoms with van der Waals surface area (Å²) in [6, 6.07) is 1.97. The molecule has 1 unspecified atom stereocenters. The summed E-state index contributed by atoms with van der Waals surface area (Å²) >= 11 is 0. The molecule has 2 heterocycles. The van der Waals surface area contributed by atoms with Crippen molar-refractivity contribution in [2.45, 2.75) is 40.0 Å². The summed E-state index contributed by atoms with van der Waals surface area (Å²) in [7, 11) is 0. The van der Waals surface area contributed by atoms with E-state index in [1.807, 2.05) is 12.3 Å². The third-order valence-electron chi connectivity index (χ3n) is 4.02. The first-order chi connectivity index (χ1) is 10.1. The molecule has 1 aromatic heterocycles. The maximum absolute atomic E-state index is 12.2. The van der Waals surface area contributed by atoms with Crippen LogP contribution in [-0.2, 0) is 0 Å². The average molecular weight is 289 g/mol. The highest BCUT2D eigenvalue weighted by atomic mass is 16.1. The lowest BCUT2D eigenvalue weighted by Gasteiger charge is -2.32. The predicted molar refractivity (Wildman–Crippen MR) is 86.6 cm³/mol. The summed E-state index contributed by atoms with van der Waals surface area (Å²) < 4.78 is 0. The molecule has 1 aliphatic heterocycles. The second-order valence-electron chi connectivity index (χ2n) is 6.56. The van der Waals surface area contributed by atoms with Crippen molar-refractivity contribution in [3.63, 3.8) is 0 Å². The summed E-state index contributed by atoms with van der Waals surface area (Å²) in [5.74, 6) is 1.29. The molecule has 0 spiro atoms. The first-order valence-electron chi connectivity index (χ1n) is 8.04. The molecule has 1 aliphatic rings. The van der Waals surface area contributed by atoms with Gasteiger partial charge in [0.25, 0.3) is 5.91 Å².